The maximum atomic E-state index is 11.4. The van der Waals surface area contributed by atoms with Gasteiger partial charge in [-0.1, -0.05) is 30.3 Å². The summed E-state index contributed by atoms with van der Waals surface area (Å²) in [6.45, 7) is 2.48. The molecule has 19 heavy (non-hydrogen) atoms. The number of carbonyl (C=O) groups is 1. The molecule has 106 valence electrons. The fourth-order valence-corrected chi connectivity index (χ4v) is 2.07. The van der Waals surface area contributed by atoms with Crippen LogP contribution < -0.4 is 0 Å². The molecular formula is C15H24N2O2. The first-order valence-electron chi connectivity index (χ1n) is 6.61. The van der Waals surface area contributed by atoms with E-state index in [0.29, 0.717) is 6.54 Å². The van der Waals surface area contributed by atoms with Gasteiger partial charge in [0.25, 0.3) is 0 Å². The molecule has 0 fully saturated rings. The molecule has 0 aliphatic carbocycles. The molecule has 0 radical (unpaired) electrons. The van der Waals surface area contributed by atoms with Crippen molar-refractivity contribution < 1.29 is 9.90 Å². The Morgan fingerprint density at radius 3 is 2.32 bits per heavy atom. The number of rotatable bonds is 8. The molecule has 1 aromatic rings. The summed E-state index contributed by atoms with van der Waals surface area (Å²) in [5.41, 5.74) is 0.870. The van der Waals surface area contributed by atoms with E-state index in [9.17, 15) is 9.90 Å². The second-order valence-electron chi connectivity index (χ2n) is 5.22. The Morgan fingerprint density at radius 2 is 1.79 bits per heavy atom. The van der Waals surface area contributed by atoms with Crippen LogP contribution in [0, 0.1) is 0 Å². The highest BCUT2D eigenvalue weighted by Crippen LogP contribution is 2.16. The van der Waals surface area contributed by atoms with Gasteiger partial charge in [0, 0.05) is 6.54 Å². The molecule has 1 rings (SSSR count). The van der Waals surface area contributed by atoms with Gasteiger partial charge in [0.05, 0.1) is 5.92 Å². The zero-order chi connectivity index (χ0) is 14.3. The minimum Gasteiger partial charge on any atom is -0.481 e. The van der Waals surface area contributed by atoms with Crippen molar-refractivity contribution in [3.05, 3.63) is 35.9 Å². The van der Waals surface area contributed by atoms with Crippen molar-refractivity contribution in [2.24, 2.45) is 0 Å². The van der Waals surface area contributed by atoms with Crippen molar-refractivity contribution in [2.75, 3.05) is 40.8 Å². The third kappa shape index (κ3) is 5.85. The zero-order valence-corrected chi connectivity index (χ0v) is 12.0. The van der Waals surface area contributed by atoms with Crippen molar-refractivity contribution in [1.82, 2.24) is 9.80 Å². The summed E-state index contributed by atoms with van der Waals surface area (Å²) in [6.07, 6.45) is 1.05. The van der Waals surface area contributed by atoms with E-state index in [0.717, 1.165) is 25.1 Å². The molecule has 1 aromatic carbocycles. The standard InChI is InChI=1S/C15H24N2O2/c1-16(2)10-7-11-17(3)12-14(15(18)19)13-8-5-4-6-9-13/h4-6,8-9,14H,7,10-12H2,1-3H3,(H,18,19). The average molecular weight is 264 g/mol. The second-order valence-corrected chi connectivity index (χ2v) is 5.22. The Kier molecular flexibility index (Phi) is 6.53. The maximum Gasteiger partial charge on any atom is 0.312 e. The van der Waals surface area contributed by atoms with E-state index >= 15 is 0 Å². The summed E-state index contributed by atoms with van der Waals surface area (Å²) in [6, 6.07) is 9.44. The molecule has 0 spiro atoms. The van der Waals surface area contributed by atoms with Gasteiger partial charge in [0.1, 0.15) is 0 Å². The zero-order valence-electron chi connectivity index (χ0n) is 12.0. The van der Waals surface area contributed by atoms with Crippen LogP contribution in [0.15, 0.2) is 30.3 Å². The monoisotopic (exact) mass is 264 g/mol. The Hall–Kier alpha value is -1.39. The van der Waals surface area contributed by atoms with Gasteiger partial charge in [-0.05, 0) is 46.2 Å². The number of hydrogen-bond donors (Lipinski definition) is 1. The van der Waals surface area contributed by atoms with Crippen LogP contribution in [-0.4, -0.2) is 61.7 Å². The Bertz CT molecular complexity index is 379. The Labute approximate surface area is 115 Å². The summed E-state index contributed by atoms with van der Waals surface area (Å²) in [5, 5.41) is 9.35. The number of likely N-dealkylation sites (N-methyl/N-ethyl adjacent to an activating group) is 1. The first-order valence-corrected chi connectivity index (χ1v) is 6.61. The minimum absolute atomic E-state index is 0.453. The molecule has 0 bridgehead atoms. The van der Waals surface area contributed by atoms with E-state index in [1.165, 1.54) is 0 Å². The number of aliphatic carboxylic acids is 1. The second kappa shape index (κ2) is 7.92. The molecule has 0 aliphatic heterocycles. The highest BCUT2D eigenvalue weighted by molar-refractivity contribution is 5.76. The lowest BCUT2D eigenvalue weighted by atomic mass is 9.99. The molecule has 1 atom stereocenters. The molecule has 0 saturated heterocycles. The molecule has 4 nitrogen and oxygen atoms in total. The summed E-state index contributed by atoms with van der Waals surface area (Å²) in [5.74, 6) is -1.21. The molecule has 0 heterocycles. The molecule has 1 unspecified atom stereocenters. The normalized spacial score (nSPS) is 12.9. The van der Waals surface area contributed by atoms with Crippen molar-refractivity contribution in [2.45, 2.75) is 12.3 Å². The van der Waals surface area contributed by atoms with Crippen LogP contribution in [0.4, 0.5) is 0 Å². The van der Waals surface area contributed by atoms with Gasteiger partial charge in [-0.2, -0.15) is 0 Å². The minimum atomic E-state index is -0.759. The topological polar surface area (TPSA) is 43.8 Å². The lowest BCUT2D eigenvalue weighted by molar-refractivity contribution is -0.139. The summed E-state index contributed by atoms with van der Waals surface area (Å²) in [7, 11) is 6.07. The third-order valence-electron chi connectivity index (χ3n) is 3.14. The summed E-state index contributed by atoms with van der Waals surface area (Å²) < 4.78 is 0. The Morgan fingerprint density at radius 1 is 1.16 bits per heavy atom. The fourth-order valence-electron chi connectivity index (χ4n) is 2.07. The van der Waals surface area contributed by atoms with Gasteiger partial charge < -0.3 is 14.9 Å². The number of benzene rings is 1. The van der Waals surface area contributed by atoms with Gasteiger partial charge in [0.2, 0.25) is 0 Å². The number of carboxylic acids is 1. The maximum absolute atomic E-state index is 11.4. The van der Waals surface area contributed by atoms with Gasteiger partial charge >= 0.3 is 5.97 Å². The number of carboxylic acid groups (broad SMARTS) is 1. The van der Waals surface area contributed by atoms with Crippen LogP contribution in [0.5, 0.6) is 0 Å². The third-order valence-corrected chi connectivity index (χ3v) is 3.14. The lowest BCUT2D eigenvalue weighted by Gasteiger charge is -2.22. The largest absolute Gasteiger partial charge is 0.481 e. The highest BCUT2D eigenvalue weighted by Gasteiger charge is 2.21. The van der Waals surface area contributed by atoms with E-state index in [1.807, 2.05) is 51.5 Å². The molecule has 4 heteroatoms. The molecule has 0 amide bonds. The molecule has 1 N–H and O–H groups in total. The van der Waals surface area contributed by atoms with Crippen molar-refractivity contribution in [1.29, 1.82) is 0 Å². The van der Waals surface area contributed by atoms with E-state index < -0.39 is 11.9 Å². The van der Waals surface area contributed by atoms with Crippen LogP contribution in [0.2, 0.25) is 0 Å². The van der Waals surface area contributed by atoms with Crippen LogP contribution >= 0.6 is 0 Å². The predicted octanol–water partition coefficient (Wildman–Crippen LogP) is 1.74. The van der Waals surface area contributed by atoms with E-state index in [4.69, 9.17) is 0 Å². The molecule has 0 saturated carbocycles. The van der Waals surface area contributed by atoms with Crippen LogP contribution in [0.25, 0.3) is 0 Å². The van der Waals surface area contributed by atoms with Gasteiger partial charge in [0.15, 0.2) is 0 Å². The van der Waals surface area contributed by atoms with Gasteiger partial charge in [-0.15, -0.1) is 0 Å². The highest BCUT2D eigenvalue weighted by atomic mass is 16.4. The van der Waals surface area contributed by atoms with Gasteiger partial charge in [-0.3, -0.25) is 4.79 Å². The lowest BCUT2D eigenvalue weighted by Crippen LogP contribution is -2.31. The first kappa shape index (κ1) is 15.7. The molecular weight excluding hydrogens is 240 g/mol. The SMILES string of the molecule is CN(C)CCCN(C)CC(C(=O)O)c1ccccc1. The van der Waals surface area contributed by atoms with Crippen LogP contribution in [0.1, 0.15) is 17.9 Å². The van der Waals surface area contributed by atoms with Crippen molar-refractivity contribution in [3.8, 4) is 0 Å². The predicted molar refractivity (Wildman–Crippen MR) is 77.5 cm³/mol. The van der Waals surface area contributed by atoms with Crippen LogP contribution in [-0.2, 0) is 4.79 Å². The smallest absolute Gasteiger partial charge is 0.312 e. The molecule has 0 aromatic heterocycles. The quantitative estimate of drug-likeness (QED) is 0.776. The van der Waals surface area contributed by atoms with E-state index in [-0.39, 0.29) is 0 Å². The average Bonchev–Trinajstić information content (AvgIpc) is 2.36. The van der Waals surface area contributed by atoms with Crippen molar-refractivity contribution >= 4 is 5.97 Å². The number of nitrogens with zero attached hydrogens (tertiary/aromatic N) is 2. The van der Waals surface area contributed by atoms with E-state index in [2.05, 4.69) is 9.80 Å². The fraction of sp³-hybridized carbons (Fsp3) is 0.533. The van der Waals surface area contributed by atoms with Crippen LogP contribution in [0.3, 0.4) is 0 Å². The van der Waals surface area contributed by atoms with Crippen molar-refractivity contribution in [3.63, 3.8) is 0 Å². The Balaban J connectivity index is 2.53. The summed E-state index contributed by atoms with van der Waals surface area (Å²) in [4.78, 5) is 15.6. The molecule has 0 aliphatic rings. The van der Waals surface area contributed by atoms with E-state index in [1.54, 1.807) is 0 Å². The number of hydrogen-bond acceptors (Lipinski definition) is 3. The first-order chi connectivity index (χ1) is 9.00. The van der Waals surface area contributed by atoms with Gasteiger partial charge in [-0.25, -0.2) is 0 Å². The summed E-state index contributed by atoms with van der Waals surface area (Å²) >= 11 is 0.